The summed E-state index contributed by atoms with van der Waals surface area (Å²) in [5, 5.41) is 0. The van der Waals surface area contributed by atoms with E-state index in [1.54, 1.807) is 0 Å². The summed E-state index contributed by atoms with van der Waals surface area (Å²) in [4.78, 5) is 19.9. The van der Waals surface area contributed by atoms with Crippen molar-refractivity contribution < 1.29 is 4.79 Å². The molecule has 132 valence electrons. The van der Waals surface area contributed by atoms with E-state index < -0.39 is 0 Å². The maximum Gasteiger partial charge on any atom is 0.227 e. The van der Waals surface area contributed by atoms with E-state index >= 15 is 0 Å². The molecule has 0 unspecified atom stereocenters. The van der Waals surface area contributed by atoms with Gasteiger partial charge in [0.1, 0.15) is 0 Å². The SMILES string of the molecule is CC(C)CN1CCC2(CC1)CN(C(=O)[C@@H]1CCN(C(C)C)C1)C2. The molecule has 0 aliphatic carbocycles. The molecule has 3 rings (SSSR count). The Hall–Kier alpha value is -0.610. The third-order valence-electron chi connectivity index (χ3n) is 6.20. The highest BCUT2D eigenvalue weighted by atomic mass is 16.2. The lowest BCUT2D eigenvalue weighted by Gasteiger charge is -2.54. The van der Waals surface area contributed by atoms with Crippen molar-refractivity contribution in [3.8, 4) is 0 Å². The number of carbonyl (C=O) groups is 1. The van der Waals surface area contributed by atoms with Crippen LogP contribution < -0.4 is 0 Å². The molecule has 4 heteroatoms. The lowest BCUT2D eigenvalue weighted by molar-refractivity contribution is -0.151. The van der Waals surface area contributed by atoms with Crippen LogP contribution in [0.4, 0.5) is 0 Å². The number of hydrogen-bond donors (Lipinski definition) is 0. The standard InChI is InChI=1S/C19H35N3O/c1-15(2)11-20-9-6-19(7-10-20)13-22(14-19)18(23)17-5-8-21(12-17)16(3)4/h15-17H,5-14H2,1-4H3/t17-/m1/s1. The molecule has 0 aromatic rings. The smallest absolute Gasteiger partial charge is 0.227 e. The Morgan fingerprint density at radius 1 is 1.09 bits per heavy atom. The molecule has 3 heterocycles. The normalized spacial score (nSPS) is 28.8. The second kappa shape index (κ2) is 6.72. The molecule has 1 amide bonds. The molecule has 23 heavy (non-hydrogen) atoms. The maximum absolute atomic E-state index is 12.7. The predicted molar refractivity (Wildman–Crippen MR) is 94.3 cm³/mol. The van der Waals surface area contributed by atoms with E-state index in [1.807, 2.05) is 0 Å². The van der Waals surface area contributed by atoms with Gasteiger partial charge in [0.15, 0.2) is 0 Å². The highest BCUT2D eigenvalue weighted by Gasteiger charge is 2.48. The Morgan fingerprint density at radius 3 is 2.26 bits per heavy atom. The summed E-state index contributed by atoms with van der Waals surface area (Å²) in [6, 6.07) is 0.570. The minimum absolute atomic E-state index is 0.260. The van der Waals surface area contributed by atoms with Crippen LogP contribution >= 0.6 is 0 Å². The highest BCUT2D eigenvalue weighted by Crippen LogP contribution is 2.41. The average molecular weight is 322 g/mol. The largest absolute Gasteiger partial charge is 0.341 e. The summed E-state index contributed by atoms with van der Waals surface area (Å²) >= 11 is 0. The molecule has 3 saturated heterocycles. The second-order valence-electron chi connectivity index (χ2n) is 8.96. The number of piperidine rings is 1. The van der Waals surface area contributed by atoms with Crippen LogP contribution in [0.25, 0.3) is 0 Å². The number of rotatable bonds is 4. The van der Waals surface area contributed by atoms with Gasteiger partial charge in [-0.15, -0.1) is 0 Å². The number of amides is 1. The molecule has 1 spiro atoms. The van der Waals surface area contributed by atoms with Gasteiger partial charge in [0.05, 0.1) is 5.92 Å². The van der Waals surface area contributed by atoms with Crippen LogP contribution in [0.3, 0.4) is 0 Å². The van der Waals surface area contributed by atoms with Crippen LogP contribution in [0.1, 0.15) is 47.0 Å². The van der Waals surface area contributed by atoms with E-state index in [4.69, 9.17) is 0 Å². The van der Waals surface area contributed by atoms with E-state index in [-0.39, 0.29) is 5.92 Å². The molecule has 3 aliphatic heterocycles. The van der Waals surface area contributed by atoms with Crippen molar-refractivity contribution in [3.05, 3.63) is 0 Å². The molecule has 0 bridgehead atoms. The fourth-order valence-corrected chi connectivity index (χ4v) is 4.68. The molecule has 3 fully saturated rings. The van der Waals surface area contributed by atoms with Gasteiger partial charge in [-0.25, -0.2) is 0 Å². The van der Waals surface area contributed by atoms with E-state index in [1.165, 1.54) is 32.5 Å². The maximum atomic E-state index is 12.7. The Morgan fingerprint density at radius 2 is 1.74 bits per heavy atom. The van der Waals surface area contributed by atoms with Gasteiger partial charge in [-0.3, -0.25) is 4.79 Å². The van der Waals surface area contributed by atoms with E-state index in [2.05, 4.69) is 42.4 Å². The van der Waals surface area contributed by atoms with Crippen molar-refractivity contribution in [2.75, 3.05) is 45.8 Å². The van der Waals surface area contributed by atoms with Crippen LogP contribution in [0, 0.1) is 17.3 Å². The van der Waals surface area contributed by atoms with Gasteiger partial charge >= 0.3 is 0 Å². The number of likely N-dealkylation sites (tertiary alicyclic amines) is 3. The first-order valence-corrected chi connectivity index (χ1v) is 9.64. The van der Waals surface area contributed by atoms with Crippen LogP contribution in [-0.2, 0) is 4.79 Å². The fraction of sp³-hybridized carbons (Fsp3) is 0.947. The summed E-state index contributed by atoms with van der Waals surface area (Å²) < 4.78 is 0. The zero-order valence-corrected chi connectivity index (χ0v) is 15.6. The number of nitrogens with zero attached hydrogens (tertiary/aromatic N) is 3. The topological polar surface area (TPSA) is 26.8 Å². The monoisotopic (exact) mass is 321 g/mol. The Kier molecular flexibility index (Phi) is 5.03. The van der Waals surface area contributed by atoms with E-state index in [9.17, 15) is 4.79 Å². The van der Waals surface area contributed by atoms with Gasteiger partial charge in [0, 0.05) is 37.6 Å². The van der Waals surface area contributed by atoms with Crippen molar-refractivity contribution >= 4 is 5.91 Å². The summed E-state index contributed by atoms with van der Waals surface area (Å²) in [6.45, 7) is 16.9. The number of hydrogen-bond acceptors (Lipinski definition) is 3. The van der Waals surface area contributed by atoms with Crippen LogP contribution in [0.15, 0.2) is 0 Å². The third-order valence-corrected chi connectivity index (χ3v) is 6.20. The molecule has 4 nitrogen and oxygen atoms in total. The van der Waals surface area contributed by atoms with Gasteiger partial charge in [0.2, 0.25) is 5.91 Å². The van der Waals surface area contributed by atoms with E-state index in [0.717, 1.165) is 38.5 Å². The highest BCUT2D eigenvalue weighted by molar-refractivity contribution is 5.80. The van der Waals surface area contributed by atoms with Crippen LogP contribution in [0.2, 0.25) is 0 Å². The van der Waals surface area contributed by atoms with Crippen molar-refractivity contribution in [2.45, 2.75) is 53.0 Å². The number of carbonyl (C=O) groups excluding carboxylic acids is 1. The van der Waals surface area contributed by atoms with Gasteiger partial charge in [-0.05, 0) is 58.7 Å². The van der Waals surface area contributed by atoms with E-state index in [0.29, 0.717) is 17.4 Å². The molecular weight excluding hydrogens is 286 g/mol. The Balaban J connectivity index is 1.44. The fourth-order valence-electron chi connectivity index (χ4n) is 4.68. The Bertz CT molecular complexity index is 418. The predicted octanol–water partition coefficient (Wildman–Crippen LogP) is 2.30. The molecule has 3 aliphatic rings. The molecule has 1 atom stereocenters. The Labute approximate surface area is 142 Å². The first-order valence-electron chi connectivity index (χ1n) is 9.64. The third kappa shape index (κ3) is 3.74. The lowest BCUT2D eigenvalue weighted by Crippen LogP contribution is -2.63. The summed E-state index contributed by atoms with van der Waals surface area (Å²) in [5.41, 5.74) is 0.458. The minimum Gasteiger partial charge on any atom is -0.341 e. The molecular formula is C19H35N3O. The van der Waals surface area contributed by atoms with Gasteiger partial charge in [0.25, 0.3) is 0 Å². The van der Waals surface area contributed by atoms with Crippen LogP contribution in [-0.4, -0.2) is 72.5 Å². The van der Waals surface area contributed by atoms with Crippen molar-refractivity contribution in [1.82, 2.24) is 14.7 Å². The van der Waals surface area contributed by atoms with Gasteiger partial charge in [-0.2, -0.15) is 0 Å². The van der Waals surface area contributed by atoms with Crippen molar-refractivity contribution in [2.24, 2.45) is 17.3 Å². The second-order valence-corrected chi connectivity index (χ2v) is 8.96. The summed E-state index contributed by atoms with van der Waals surface area (Å²) in [5.74, 6) is 1.45. The van der Waals surface area contributed by atoms with Gasteiger partial charge < -0.3 is 14.7 Å². The van der Waals surface area contributed by atoms with Gasteiger partial charge in [-0.1, -0.05) is 13.8 Å². The van der Waals surface area contributed by atoms with Crippen molar-refractivity contribution in [1.29, 1.82) is 0 Å². The van der Waals surface area contributed by atoms with Crippen LogP contribution in [0.5, 0.6) is 0 Å². The molecule has 0 aromatic carbocycles. The zero-order valence-electron chi connectivity index (χ0n) is 15.6. The molecule has 0 radical (unpaired) electrons. The lowest BCUT2D eigenvalue weighted by atomic mass is 9.71. The first-order chi connectivity index (χ1) is 10.9. The molecule has 0 aromatic heterocycles. The first kappa shape index (κ1) is 17.2. The zero-order chi connectivity index (χ0) is 16.6. The quantitative estimate of drug-likeness (QED) is 0.795. The van der Waals surface area contributed by atoms with Crippen molar-refractivity contribution in [3.63, 3.8) is 0 Å². The summed E-state index contributed by atoms with van der Waals surface area (Å²) in [7, 11) is 0. The summed E-state index contributed by atoms with van der Waals surface area (Å²) in [6.07, 6.45) is 3.63. The molecule has 0 saturated carbocycles. The minimum atomic E-state index is 0.260. The average Bonchev–Trinajstić information content (AvgIpc) is 2.94. The molecule has 0 N–H and O–H groups in total.